The van der Waals surface area contributed by atoms with Crippen molar-refractivity contribution in [3.63, 3.8) is 0 Å². The Morgan fingerprint density at radius 2 is 1.59 bits per heavy atom. The molecule has 2 aromatic rings. The molecule has 27 heavy (non-hydrogen) atoms. The van der Waals surface area contributed by atoms with Crippen LogP contribution in [-0.2, 0) is 22.9 Å². The van der Waals surface area contributed by atoms with Gasteiger partial charge in [0.1, 0.15) is 0 Å². The number of carbonyl (C=O) groups is 1. The van der Waals surface area contributed by atoms with Crippen LogP contribution in [0.25, 0.3) is 0 Å². The average Bonchev–Trinajstić information content (AvgIpc) is 3.22. The predicted octanol–water partition coefficient (Wildman–Crippen LogP) is 3.85. The smallest absolute Gasteiger partial charge is 0.261 e. The van der Waals surface area contributed by atoms with Crippen LogP contribution >= 0.6 is 0 Å². The summed E-state index contributed by atoms with van der Waals surface area (Å²) in [5.74, 6) is -0.104. The molecule has 0 aromatic heterocycles. The third kappa shape index (κ3) is 4.16. The number of aryl methyl sites for hydroxylation is 2. The molecule has 1 fully saturated rings. The molecule has 0 radical (unpaired) electrons. The number of benzene rings is 2. The van der Waals surface area contributed by atoms with Crippen LogP contribution in [0, 0.1) is 0 Å². The Morgan fingerprint density at radius 1 is 1.00 bits per heavy atom. The number of likely N-dealkylation sites (tertiary alicyclic amines) is 1. The van der Waals surface area contributed by atoms with E-state index < -0.39 is 10.0 Å². The summed E-state index contributed by atoms with van der Waals surface area (Å²) in [4.78, 5) is 14.5. The summed E-state index contributed by atoms with van der Waals surface area (Å²) in [7, 11) is -3.78. The Bertz CT molecular complexity index is 910. The fourth-order valence-corrected chi connectivity index (χ4v) is 4.65. The fraction of sp³-hybridized carbons (Fsp3) is 0.381. The molecular weight excluding hydrogens is 360 g/mol. The van der Waals surface area contributed by atoms with Crippen LogP contribution in [0.4, 0.5) is 5.69 Å². The first-order valence-electron chi connectivity index (χ1n) is 9.49. The van der Waals surface area contributed by atoms with E-state index in [1.54, 1.807) is 17.0 Å². The van der Waals surface area contributed by atoms with Gasteiger partial charge in [0.25, 0.3) is 15.9 Å². The monoisotopic (exact) mass is 386 g/mol. The molecule has 1 aliphatic rings. The SMILES string of the molecule is CCc1cccc(CC)c1NS(=O)(=O)c1cccc(C(=O)N2CCCC2)c1. The van der Waals surface area contributed by atoms with Crippen molar-refractivity contribution in [1.82, 2.24) is 4.90 Å². The molecule has 3 rings (SSSR count). The number of hydrogen-bond donors (Lipinski definition) is 1. The zero-order chi connectivity index (χ0) is 19.4. The van der Waals surface area contributed by atoms with Crippen molar-refractivity contribution < 1.29 is 13.2 Å². The summed E-state index contributed by atoms with van der Waals surface area (Å²) in [5.41, 5.74) is 2.99. The largest absolute Gasteiger partial charge is 0.339 e. The molecular formula is C21H26N2O3S. The quantitative estimate of drug-likeness (QED) is 0.820. The van der Waals surface area contributed by atoms with E-state index in [0.29, 0.717) is 11.3 Å². The van der Waals surface area contributed by atoms with Gasteiger partial charge in [-0.1, -0.05) is 38.1 Å². The van der Waals surface area contributed by atoms with Crippen LogP contribution in [0.1, 0.15) is 48.2 Å². The minimum absolute atomic E-state index is 0.104. The summed E-state index contributed by atoms with van der Waals surface area (Å²) in [5, 5.41) is 0. The minimum Gasteiger partial charge on any atom is -0.339 e. The van der Waals surface area contributed by atoms with Crippen molar-refractivity contribution in [3.8, 4) is 0 Å². The van der Waals surface area contributed by atoms with Crippen molar-refractivity contribution in [3.05, 3.63) is 59.2 Å². The number of anilines is 1. The molecule has 5 nitrogen and oxygen atoms in total. The number of nitrogens with zero attached hydrogens (tertiary/aromatic N) is 1. The summed E-state index contributed by atoms with van der Waals surface area (Å²) in [6.45, 7) is 5.47. The van der Waals surface area contributed by atoms with Gasteiger partial charge in [-0.2, -0.15) is 0 Å². The molecule has 0 atom stereocenters. The van der Waals surface area contributed by atoms with Crippen molar-refractivity contribution in [1.29, 1.82) is 0 Å². The highest BCUT2D eigenvalue weighted by Crippen LogP contribution is 2.26. The number of rotatable bonds is 6. The molecule has 0 spiro atoms. The fourth-order valence-electron chi connectivity index (χ4n) is 3.47. The van der Waals surface area contributed by atoms with Crippen molar-refractivity contribution in [2.45, 2.75) is 44.4 Å². The van der Waals surface area contributed by atoms with Crippen LogP contribution in [-0.4, -0.2) is 32.3 Å². The lowest BCUT2D eigenvalue weighted by atomic mass is 10.0. The first kappa shape index (κ1) is 19.4. The number of carbonyl (C=O) groups excluding carboxylic acids is 1. The number of sulfonamides is 1. The van der Waals surface area contributed by atoms with Crippen molar-refractivity contribution in [2.24, 2.45) is 0 Å². The molecule has 144 valence electrons. The highest BCUT2D eigenvalue weighted by atomic mass is 32.2. The molecule has 1 heterocycles. The van der Waals surface area contributed by atoms with E-state index in [2.05, 4.69) is 4.72 Å². The lowest BCUT2D eigenvalue weighted by Gasteiger charge is -2.17. The van der Waals surface area contributed by atoms with E-state index in [1.165, 1.54) is 12.1 Å². The Labute approximate surface area is 161 Å². The molecule has 0 saturated carbocycles. The van der Waals surface area contributed by atoms with Crippen molar-refractivity contribution in [2.75, 3.05) is 17.8 Å². The van der Waals surface area contributed by atoms with E-state index in [0.717, 1.165) is 49.9 Å². The lowest BCUT2D eigenvalue weighted by molar-refractivity contribution is 0.0792. The van der Waals surface area contributed by atoms with E-state index in [-0.39, 0.29) is 10.8 Å². The van der Waals surface area contributed by atoms with Gasteiger partial charge in [-0.3, -0.25) is 9.52 Å². The van der Waals surface area contributed by atoms with Crippen LogP contribution in [0.3, 0.4) is 0 Å². The van der Waals surface area contributed by atoms with Gasteiger partial charge >= 0.3 is 0 Å². The highest BCUT2D eigenvalue weighted by Gasteiger charge is 2.22. The van der Waals surface area contributed by atoms with Gasteiger partial charge in [0.2, 0.25) is 0 Å². The highest BCUT2D eigenvalue weighted by molar-refractivity contribution is 7.92. The van der Waals surface area contributed by atoms with E-state index in [4.69, 9.17) is 0 Å². The predicted molar refractivity (Wildman–Crippen MR) is 108 cm³/mol. The van der Waals surface area contributed by atoms with Crippen LogP contribution in [0.15, 0.2) is 47.4 Å². The van der Waals surface area contributed by atoms with Crippen LogP contribution in [0.5, 0.6) is 0 Å². The van der Waals surface area contributed by atoms with E-state index in [1.807, 2.05) is 32.0 Å². The second-order valence-electron chi connectivity index (χ2n) is 6.79. The zero-order valence-corrected chi connectivity index (χ0v) is 16.7. The summed E-state index contributed by atoms with van der Waals surface area (Å²) in [6.07, 6.45) is 3.47. The first-order chi connectivity index (χ1) is 13.0. The Morgan fingerprint density at radius 3 is 2.19 bits per heavy atom. The van der Waals surface area contributed by atoms with Gasteiger partial charge in [0.05, 0.1) is 10.6 Å². The Balaban J connectivity index is 1.92. The molecule has 0 aliphatic carbocycles. The number of amides is 1. The second kappa shape index (κ2) is 8.13. The third-order valence-electron chi connectivity index (χ3n) is 5.02. The first-order valence-corrected chi connectivity index (χ1v) is 11.0. The maximum Gasteiger partial charge on any atom is 0.261 e. The van der Waals surface area contributed by atoms with Gasteiger partial charge in [-0.15, -0.1) is 0 Å². The third-order valence-corrected chi connectivity index (χ3v) is 6.37. The standard InChI is InChI=1S/C21H26N2O3S/c1-3-16-9-7-10-17(4-2)20(16)22-27(25,26)19-12-8-11-18(15-19)21(24)23-13-5-6-14-23/h7-12,15,22H,3-6,13-14H2,1-2H3. The van der Waals surface area contributed by atoms with Crippen LogP contribution < -0.4 is 4.72 Å². The Kier molecular flexibility index (Phi) is 5.85. The van der Waals surface area contributed by atoms with Crippen LogP contribution in [0.2, 0.25) is 0 Å². The molecule has 1 aliphatic heterocycles. The molecule has 0 unspecified atom stereocenters. The number of nitrogens with one attached hydrogen (secondary N) is 1. The topological polar surface area (TPSA) is 66.5 Å². The van der Waals surface area contributed by atoms with Gasteiger partial charge in [0, 0.05) is 18.7 Å². The van der Waals surface area contributed by atoms with Gasteiger partial charge in [0.15, 0.2) is 0 Å². The maximum atomic E-state index is 13.0. The summed E-state index contributed by atoms with van der Waals surface area (Å²) in [6, 6.07) is 12.1. The van der Waals surface area contributed by atoms with Crippen molar-refractivity contribution >= 4 is 21.6 Å². The molecule has 2 aromatic carbocycles. The lowest BCUT2D eigenvalue weighted by Crippen LogP contribution is -2.27. The van der Waals surface area contributed by atoms with Gasteiger partial charge in [-0.25, -0.2) is 8.42 Å². The van der Waals surface area contributed by atoms with Gasteiger partial charge < -0.3 is 4.90 Å². The minimum atomic E-state index is -3.78. The molecule has 0 bridgehead atoms. The normalized spacial score (nSPS) is 14.4. The molecule has 1 saturated heterocycles. The number of para-hydroxylation sites is 1. The molecule has 1 amide bonds. The second-order valence-corrected chi connectivity index (χ2v) is 8.47. The average molecular weight is 387 g/mol. The molecule has 1 N–H and O–H groups in total. The maximum absolute atomic E-state index is 13.0. The van der Waals surface area contributed by atoms with E-state index >= 15 is 0 Å². The number of hydrogen-bond acceptors (Lipinski definition) is 3. The molecule has 6 heteroatoms. The zero-order valence-electron chi connectivity index (χ0n) is 15.9. The summed E-state index contributed by atoms with van der Waals surface area (Å²) >= 11 is 0. The van der Waals surface area contributed by atoms with Gasteiger partial charge in [-0.05, 0) is 55.0 Å². The van der Waals surface area contributed by atoms with E-state index in [9.17, 15) is 13.2 Å². The Hall–Kier alpha value is -2.34. The summed E-state index contributed by atoms with van der Waals surface area (Å²) < 4.78 is 28.8.